The fourth-order valence-electron chi connectivity index (χ4n) is 2.82. The fourth-order valence-corrected chi connectivity index (χ4v) is 2.82. The highest BCUT2D eigenvalue weighted by Gasteiger charge is 2.34. The van der Waals surface area contributed by atoms with Gasteiger partial charge in [-0.2, -0.15) is 0 Å². The monoisotopic (exact) mass is 265 g/mol. The van der Waals surface area contributed by atoms with Gasteiger partial charge in [0, 0.05) is 32.7 Å². The molecule has 2 N–H and O–H groups in total. The third-order valence-electron chi connectivity index (χ3n) is 4.50. The predicted octanol–water partition coefficient (Wildman–Crippen LogP) is -0.0294. The van der Waals surface area contributed by atoms with Crippen molar-refractivity contribution in [3.05, 3.63) is 0 Å². The molecule has 3 aliphatic rings. The number of likely N-dealkylation sites (tertiary alicyclic amines) is 1. The first-order chi connectivity index (χ1) is 9.24. The normalized spacial score (nSPS) is 27.8. The number of amides is 2. The number of carbonyl (C=O) groups is 2. The molecule has 1 atom stereocenters. The lowest BCUT2D eigenvalue weighted by molar-refractivity contribution is -0.140. The van der Waals surface area contributed by atoms with Gasteiger partial charge >= 0.3 is 0 Å². The van der Waals surface area contributed by atoms with Crippen molar-refractivity contribution >= 4 is 11.8 Å². The summed E-state index contributed by atoms with van der Waals surface area (Å²) in [5, 5.41) is 6.17. The standard InChI is InChI=1S/C14H23N3O2/c18-13(16-6-10-3-4-10)11-2-1-5-17(9-11)14(19)12-7-15-8-12/h10-12,15H,1-9H2,(H,16,18). The van der Waals surface area contributed by atoms with Crippen LogP contribution in [0.15, 0.2) is 0 Å². The van der Waals surface area contributed by atoms with Crippen LogP contribution in [0.5, 0.6) is 0 Å². The summed E-state index contributed by atoms with van der Waals surface area (Å²) < 4.78 is 0. The van der Waals surface area contributed by atoms with E-state index in [0.717, 1.165) is 39.0 Å². The minimum atomic E-state index is 0.00415. The van der Waals surface area contributed by atoms with E-state index in [4.69, 9.17) is 0 Å². The van der Waals surface area contributed by atoms with E-state index in [1.165, 1.54) is 12.8 Å². The summed E-state index contributed by atoms with van der Waals surface area (Å²) in [6.45, 7) is 3.87. The Morgan fingerprint density at radius 1 is 1.16 bits per heavy atom. The number of piperidine rings is 1. The van der Waals surface area contributed by atoms with Crippen LogP contribution in [-0.4, -0.2) is 49.4 Å². The third kappa shape index (κ3) is 3.08. The Morgan fingerprint density at radius 3 is 2.58 bits per heavy atom. The Kier molecular flexibility index (Phi) is 3.73. The quantitative estimate of drug-likeness (QED) is 0.750. The van der Waals surface area contributed by atoms with Crippen LogP contribution in [0.25, 0.3) is 0 Å². The molecule has 2 amide bonds. The Morgan fingerprint density at radius 2 is 1.95 bits per heavy atom. The Labute approximate surface area is 114 Å². The van der Waals surface area contributed by atoms with E-state index >= 15 is 0 Å². The molecule has 3 fully saturated rings. The number of hydrogen-bond acceptors (Lipinski definition) is 3. The lowest BCUT2D eigenvalue weighted by atomic mass is 9.94. The highest BCUT2D eigenvalue weighted by atomic mass is 16.2. The van der Waals surface area contributed by atoms with Crippen LogP contribution in [0.1, 0.15) is 25.7 Å². The van der Waals surface area contributed by atoms with E-state index in [0.29, 0.717) is 12.5 Å². The van der Waals surface area contributed by atoms with Gasteiger partial charge in [-0.25, -0.2) is 0 Å². The highest BCUT2D eigenvalue weighted by molar-refractivity contribution is 5.83. The summed E-state index contributed by atoms with van der Waals surface area (Å²) in [6.07, 6.45) is 4.38. The Balaban J connectivity index is 1.48. The number of nitrogens with one attached hydrogen (secondary N) is 2. The molecule has 0 aromatic heterocycles. The van der Waals surface area contributed by atoms with Crippen LogP contribution in [0, 0.1) is 17.8 Å². The topological polar surface area (TPSA) is 61.4 Å². The number of carbonyl (C=O) groups excluding carboxylic acids is 2. The zero-order valence-electron chi connectivity index (χ0n) is 11.4. The minimum absolute atomic E-state index is 0.00415. The second-order valence-corrected chi connectivity index (χ2v) is 6.17. The number of nitrogens with zero attached hydrogens (tertiary/aromatic N) is 1. The van der Waals surface area contributed by atoms with Crippen molar-refractivity contribution in [2.24, 2.45) is 17.8 Å². The molecule has 0 bridgehead atoms. The average Bonchev–Trinajstić information content (AvgIpc) is 3.18. The second kappa shape index (κ2) is 5.49. The van der Waals surface area contributed by atoms with Crippen molar-refractivity contribution in [3.8, 4) is 0 Å². The van der Waals surface area contributed by atoms with Gasteiger partial charge in [0.2, 0.25) is 11.8 Å². The molecule has 106 valence electrons. The molecular formula is C14H23N3O2. The van der Waals surface area contributed by atoms with E-state index in [-0.39, 0.29) is 23.7 Å². The maximum absolute atomic E-state index is 12.2. The molecule has 1 unspecified atom stereocenters. The lowest BCUT2D eigenvalue weighted by Gasteiger charge is -2.37. The smallest absolute Gasteiger partial charge is 0.228 e. The summed E-state index contributed by atoms with van der Waals surface area (Å²) in [6, 6.07) is 0. The van der Waals surface area contributed by atoms with Crippen molar-refractivity contribution in [3.63, 3.8) is 0 Å². The molecule has 5 heteroatoms. The van der Waals surface area contributed by atoms with Crippen LogP contribution >= 0.6 is 0 Å². The maximum Gasteiger partial charge on any atom is 0.228 e. The maximum atomic E-state index is 12.2. The first kappa shape index (κ1) is 12.9. The summed E-state index contributed by atoms with van der Waals surface area (Å²) in [5.74, 6) is 1.25. The van der Waals surface area contributed by atoms with Crippen LogP contribution in [0.4, 0.5) is 0 Å². The predicted molar refractivity (Wildman–Crippen MR) is 71.4 cm³/mol. The first-order valence-corrected chi connectivity index (χ1v) is 7.51. The molecule has 0 aromatic carbocycles. The summed E-state index contributed by atoms with van der Waals surface area (Å²) in [7, 11) is 0. The molecule has 0 spiro atoms. The van der Waals surface area contributed by atoms with E-state index in [9.17, 15) is 9.59 Å². The Bertz CT molecular complexity index is 364. The van der Waals surface area contributed by atoms with Gasteiger partial charge in [-0.3, -0.25) is 9.59 Å². The van der Waals surface area contributed by atoms with E-state index in [1.807, 2.05) is 4.90 Å². The van der Waals surface area contributed by atoms with Gasteiger partial charge < -0.3 is 15.5 Å². The molecule has 2 saturated heterocycles. The van der Waals surface area contributed by atoms with Crippen molar-refractivity contribution in [2.45, 2.75) is 25.7 Å². The SMILES string of the molecule is O=C(NCC1CC1)C1CCCN(C(=O)C2CNC2)C1. The van der Waals surface area contributed by atoms with Crippen LogP contribution in [0.3, 0.4) is 0 Å². The van der Waals surface area contributed by atoms with Crippen molar-refractivity contribution in [1.82, 2.24) is 15.5 Å². The van der Waals surface area contributed by atoms with Gasteiger partial charge in [-0.1, -0.05) is 0 Å². The van der Waals surface area contributed by atoms with Gasteiger partial charge in [-0.05, 0) is 31.6 Å². The fraction of sp³-hybridized carbons (Fsp3) is 0.857. The summed E-state index contributed by atoms with van der Waals surface area (Å²) in [5.41, 5.74) is 0. The van der Waals surface area contributed by atoms with Gasteiger partial charge in [0.05, 0.1) is 11.8 Å². The summed E-state index contributed by atoms with van der Waals surface area (Å²) in [4.78, 5) is 26.2. The van der Waals surface area contributed by atoms with Crippen LogP contribution in [0.2, 0.25) is 0 Å². The molecular weight excluding hydrogens is 242 g/mol. The zero-order chi connectivity index (χ0) is 13.2. The van der Waals surface area contributed by atoms with Gasteiger partial charge in [0.25, 0.3) is 0 Å². The minimum Gasteiger partial charge on any atom is -0.356 e. The van der Waals surface area contributed by atoms with Crippen molar-refractivity contribution in [2.75, 3.05) is 32.7 Å². The molecule has 1 saturated carbocycles. The van der Waals surface area contributed by atoms with Gasteiger partial charge in [0.1, 0.15) is 0 Å². The molecule has 5 nitrogen and oxygen atoms in total. The van der Waals surface area contributed by atoms with E-state index in [1.54, 1.807) is 0 Å². The van der Waals surface area contributed by atoms with Crippen molar-refractivity contribution < 1.29 is 9.59 Å². The second-order valence-electron chi connectivity index (χ2n) is 6.17. The van der Waals surface area contributed by atoms with E-state index < -0.39 is 0 Å². The molecule has 0 aromatic rings. The van der Waals surface area contributed by atoms with E-state index in [2.05, 4.69) is 10.6 Å². The summed E-state index contributed by atoms with van der Waals surface area (Å²) >= 11 is 0. The van der Waals surface area contributed by atoms with Crippen LogP contribution < -0.4 is 10.6 Å². The molecule has 0 radical (unpaired) electrons. The Hall–Kier alpha value is -1.10. The number of rotatable bonds is 4. The zero-order valence-corrected chi connectivity index (χ0v) is 11.4. The molecule has 19 heavy (non-hydrogen) atoms. The van der Waals surface area contributed by atoms with Crippen LogP contribution in [-0.2, 0) is 9.59 Å². The molecule has 1 aliphatic carbocycles. The van der Waals surface area contributed by atoms with Crippen molar-refractivity contribution in [1.29, 1.82) is 0 Å². The molecule has 2 aliphatic heterocycles. The molecule has 2 heterocycles. The highest BCUT2D eigenvalue weighted by Crippen LogP contribution is 2.28. The van der Waals surface area contributed by atoms with Gasteiger partial charge in [0.15, 0.2) is 0 Å². The first-order valence-electron chi connectivity index (χ1n) is 7.51. The molecule has 3 rings (SSSR count). The average molecular weight is 265 g/mol. The number of hydrogen-bond donors (Lipinski definition) is 2. The third-order valence-corrected chi connectivity index (χ3v) is 4.50. The largest absolute Gasteiger partial charge is 0.356 e. The van der Waals surface area contributed by atoms with Gasteiger partial charge in [-0.15, -0.1) is 0 Å². The lowest BCUT2D eigenvalue weighted by Crippen LogP contribution is -2.55.